The molecule has 4 rings (SSSR count). The van der Waals surface area contributed by atoms with Gasteiger partial charge in [-0.1, -0.05) is 42.5 Å². The van der Waals surface area contributed by atoms with Crippen molar-refractivity contribution in [1.29, 1.82) is 0 Å². The standard InChI is InChI=1S/C19H20O2/c1-3-8-14(9-4-1)19-15-10-5-2-6-13-20-16-11-7-12-17(21-19)18(15)16/h1-5,8-9,16H,6-7,10-13H2/b5-2-. The van der Waals surface area contributed by atoms with Crippen LogP contribution < -0.4 is 0 Å². The highest BCUT2D eigenvalue weighted by molar-refractivity contribution is 5.65. The number of ether oxygens (including phenoxy) is 1. The summed E-state index contributed by atoms with van der Waals surface area (Å²) in [5, 5.41) is 0. The zero-order chi connectivity index (χ0) is 14.1. The molecule has 1 aliphatic heterocycles. The Morgan fingerprint density at radius 3 is 2.86 bits per heavy atom. The van der Waals surface area contributed by atoms with Gasteiger partial charge >= 0.3 is 0 Å². The Bertz CT molecular complexity index is 652. The Balaban J connectivity index is 1.88. The largest absolute Gasteiger partial charge is 0.460 e. The maximum absolute atomic E-state index is 6.26. The van der Waals surface area contributed by atoms with Crippen LogP contribution in [0.4, 0.5) is 0 Å². The number of benzene rings is 1. The molecule has 2 aliphatic rings. The van der Waals surface area contributed by atoms with Gasteiger partial charge in [-0.05, 0) is 25.7 Å². The minimum absolute atomic E-state index is 0.227. The molecule has 108 valence electrons. The van der Waals surface area contributed by atoms with Gasteiger partial charge in [0.2, 0.25) is 0 Å². The van der Waals surface area contributed by atoms with E-state index in [1.54, 1.807) is 0 Å². The fraction of sp³-hybridized carbons (Fsp3) is 0.368. The fourth-order valence-corrected chi connectivity index (χ4v) is 3.47. The normalized spacial score (nSPS) is 22.8. The van der Waals surface area contributed by atoms with E-state index in [4.69, 9.17) is 9.15 Å². The van der Waals surface area contributed by atoms with Gasteiger partial charge in [0.05, 0.1) is 12.7 Å². The van der Waals surface area contributed by atoms with Gasteiger partial charge in [-0.15, -0.1) is 0 Å². The van der Waals surface area contributed by atoms with E-state index in [0.717, 1.165) is 50.2 Å². The number of rotatable bonds is 1. The van der Waals surface area contributed by atoms with E-state index in [1.165, 1.54) is 16.7 Å². The summed E-state index contributed by atoms with van der Waals surface area (Å²) >= 11 is 0. The molecule has 0 bridgehead atoms. The van der Waals surface area contributed by atoms with Crippen LogP contribution in [-0.4, -0.2) is 6.61 Å². The first-order valence-electron chi connectivity index (χ1n) is 7.90. The summed E-state index contributed by atoms with van der Waals surface area (Å²) < 4.78 is 12.4. The van der Waals surface area contributed by atoms with Crippen molar-refractivity contribution < 1.29 is 9.15 Å². The molecule has 0 spiro atoms. The third-order valence-electron chi connectivity index (χ3n) is 4.45. The van der Waals surface area contributed by atoms with E-state index in [9.17, 15) is 0 Å². The lowest BCUT2D eigenvalue weighted by Gasteiger charge is -2.22. The molecule has 1 aliphatic carbocycles. The van der Waals surface area contributed by atoms with Crippen LogP contribution in [0.5, 0.6) is 0 Å². The molecule has 0 fully saturated rings. The molecule has 21 heavy (non-hydrogen) atoms. The Hall–Kier alpha value is -1.80. The summed E-state index contributed by atoms with van der Waals surface area (Å²) in [5.41, 5.74) is 3.85. The van der Waals surface area contributed by atoms with E-state index in [1.807, 2.05) is 6.07 Å². The first kappa shape index (κ1) is 12.9. The van der Waals surface area contributed by atoms with Crippen molar-refractivity contribution in [3.63, 3.8) is 0 Å². The molecule has 0 amide bonds. The van der Waals surface area contributed by atoms with E-state index < -0.39 is 0 Å². The Morgan fingerprint density at radius 2 is 1.95 bits per heavy atom. The molecule has 0 radical (unpaired) electrons. The fourth-order valence-electron chi connectivity index (χ4n) is 3.47. The quantitative estimate of drug-likeness (QED) is 0.697. The van der Waals surface area contributed by atoms with Gasteiger partial charge in [-0.2, -0.15) is 0 Å². The molecule has 2 heteroatoms. The third-order valence-corrected chi connectivity index (χ3v) is 4.45. The number of hydrogen-bond donors (Lipinski definition) is 0. The van der Waals surface area contributed by atoms with Crippen molar-refractivity contribution in [3.8, 4) is 11.3 Å². The van der Waals surface area contributed by atoms with Crippen molar-refractivity contribution >= 4 is 0 Å². The summed E-state index contributed by atoms with van der Waals surface area (Å²) in [5.74, 6) is 2.19. The van der Waals surface area contributed by atoms with Crippen LogP contribution >= 0.6 is 0 Å². The highest BCUT2D eigenvalue weighted by atomic mass is 16.5. The predicted octanol–water partition coefficient (Wildman–Crippen LogP) is 4.84. The molecule has 0 N–H and O–H groups in total. The molecule has 2 heterocycles. The summed E-state index contributed by atoms with van der Waals surface area (Å²) in [6.07, 6.45) is 9.99. The van der Waals surface area contributed by atoms with Gasteiger partial charge in [0.15, 0.2) is 0 Å². The molecular formula is C19H20O2. The van der Waals surface area contributed by atoms with Crippen molar-refractivity contribution in [2.24, 2.45) is 0 Å². The number of hydrogen-bond acceptors (Lipinski definition) is 2. The Kier molecular flexibility index (Phi) is 3.40. The smallest absolute Gasteiger partial charge is 0.138 e. The van der Waals surface area contributed by atoms with Gasteiger partial charge in [-0.3, -0.25) is 0 Å². The third kappa shape index (κ3) is 2.34. The first-order valence-corrected chi connectivity index (χ1v) is 7.90. The second-order valence-corrected chi connectivity index (χ2v) is 5.83. The van der Waals surface area contributed by atoms with E-state index >= 15 is 0 Å². The maximum atomic E-state index is 6.26. The minimum atomic E-state index is 0.227. The molecule has 1 atom stereocenters. The van der Waals surface area contributed by atoms with Gasteiger partial charge in [0.1, 0.15) is 11.5 Å². The van der Waals surface area contributed by atoms with Crippen molar-refractivity contribution in [1.82, 2.24) is 0 Å². The van der Waals surface area contributed by atoms with E-state index in [0.29, 0.717) is 0 Å². The maximum Gasteiger partial charge on any atom is 0.138 e. The predicted molar refractivity (Wildman–Crippen MR) is 83.2 cm³/mol. The highest BCUT2D eigenvalue weighted by Gasteiger charge is 2.30. The molecular weight excluding hydrogens is 260 g/mol. The Morgan fingerprint density at radius 1 is 1.05 bits per heavy atom. The van der Waals surface area contributed by atoms with Crippen LogP contribution in [-0.2, 0) is 17.6 Å². The first-order chi connectivity index (χ1) is 10.4. The number of allylic oxidation sites excluding steroid dienone is 1. The zero-order valence-corrected chi connectivity index (χ0v) is 12.2. The van der Waals surface area contributed by atoms with Crippen LogP contribution in [0.1, 0.15) is 42.3 Å². The molecule has 0 saturated carbocycles. The minimum Gasteiger partial charge on any atom is -0.460 e. The van der Waals surface area contributed by atoms with Gasteiger partial charge in [-0.25, -0.2) is 0 Å². The second-order valence-electron chi connectivity index (χ2n) is 5.83. The molecule has 2 nitrogen and oxygen atoms in total. The summed E-state index contributed by atoms with van der Waals surface area (Å²) in [6, 6.07) is 10.5. The summed E-state index contributed by atoms with van der Waals surface area (Å²) in [4.78, 5) is 0. The number of aryl methyl sites for hydroxylation is 1. The summed E-state index contributed by atoms with van der Waals surface area (Å²) in [7, 11) is 0. The summed E-state index contributed by atoms with van der Waals surface area (Å²) in [6.45, 7) is 0.811. The van der Waals surface area contributed by atoms with Crippen LogP contribution in [0.3, 0.4) is 0 Å². The van der Waals surface area contributed by atoms with Crippen LogP contribution in [0.2, 0.25) is 0 Å². The molecule has 1 aromatic heterocycles. The van der Waals surface area contributed by atoms with Crippen LogP contribution in [0, 0.1) is 0 Å². The molecule has 1 aromatic carbocycles. The lowest BCUT2D eigenvalue weighted by Crippen LogP contribution is -2.13. The molecule has 2 aromatic rings. The highest BCUT2D eigenvalue weighted by Crippen LogP contribution is 2.42. The van der Waals surface area contributed by atoms with Crippen molar-refractivity contribution in [2.75, 3.05) is 6.61 Å². The second kappa shape index (κ2) is 5.53. The van der Waals surface area contributed by atoms with Crippen LogP contribution in [0.25, 0.3) is 11.3 Å². The topological polar surface area (TPSA) is 22.4 Å². The molecule has 0 saturated heterocycles. The van der Waals surface area contributed by atoms with Crippen LogP contribution in [0.15, 0.2) is 46.9 Å². The van der Waals surface area contributed by atoms with E-state index in [-0.39, 0.29) is 6.10 Å². The SMILES string of the molecule is C1=C\Cc2c(-c3ccccc3)oc3c2C(CCC3)OCC/1. The van der Waals surface area contributed by atoms with Crippen molar-refractivity contribution in [2.45, 2.75) is 38.2 Å². The lowest BCUT2D eigenvalue weighted by atomic mass is 9.90. The average Bonchev–Trinajstić information content (AvgIpc) is 2.94. The lowest BCUT2D eigenvalue weighted by molar-refractivity contribution is 0.0421. The van der Waals surface area contributed by atoms with Gasteiger partial charge in [0, 0.05) is 23.1 Å². The molecule has 1 unspecified atom stereocenters. The average molecular weight is 280 g/mol. The van der Waals surface area contributed by atoms with Gasteiger partial charge < -0.3 is 9.15 Å². The van der Waals surface area contributed by atoms with Gasteiger partial charge in [0.25, 0.3) is 0 Å². The Labute approximate surface area is 125 Å². The zero-order valence-electron chi connectivity index (χ0n) is 12.2. The number of furan rings is 1. The monoisotopic (exact) mass is 280 g/mol. The van der Waals surface area contributed by atoms with E-state index in [2.05, 4.69) is 36.4 Å². The van der Waals surface area contributed by atoms with Crippen molar-refractivity contribution in [3.05, 3.63) is 59.4 Å².